The molecule has 1 heterocycles. The van der Waals surface area contributed by atoms with Crippen LogP contribution in [0, 0.1) is 0 Å². The van der Waals surface area contributed by atoms with Gasteiger partial charge in [-0.05, 0) is 17.7 Å². The monoisotopic (exact) mass is 258 g/mol. The fourth-order valence-electron chi connectivity index (χ4n) is 1.60. The molecule has 0 atom stereocenters. The topological polar surface area (TPSA) is 38.7 Å². The average molecular weight is 258 g/mol. The van der Waals surface area contributed by atoms with Crippen molar-refractivity contribution in [2.45, 2.75) is 4.58 Å². The molecule has 5 heteroatoms. The third-order valence-electron chi connectivity index (χ3n) is 2.40. The molecule has 2 rings (SSSR count). The van der Waals surface area contributed by atoms with Crippen molar-refractivity contribution >= 4 is 23.5 Å². The summed E-state index contributed by atoms with van der Waals surface area (Å²) >= 11 is 3.82. The van der Waals surface area contributed by atoms with E-state index in [1.165, 1.54) is 11.5 Å². The summed E-state index contributed by atoms with van der Waals surface area (Å²) in [4.78, 5) is 0. The lowest BCUT2D eigenvalue weighted by molar-refractivity contribution is 0.339. The first-order valence-corrected chi connectivity index (χ1v) is 7.04. The van der Waals surface area contributed by atoms with Gasteiger partial charge >= 0.3 is 0 Å². The smallest absolute Gasteiger partial charge is 0.200 e. The number of phenols is 1. The van der Waals surface area contributed by atoms with Gasteiger partial charge in [0.1, 0.15) is 0 Å². The maximum Gasteiger partial charge on any atom is 0.200 e. The fraction of sp³-hybridized carbons (Fsp3) is 0.455. The van der Waals surface area contributed by atoms with Gasteiger partial charge in [0, 0.05) is 11.5 Å². The molecule has 88 valence electrons. The lowest BCUT2D eigenvalue weighted by atomic mass is 10.2. The summed E-state index contributed by atoms with van der Waals surface area (Å²) in [6, 6.07) is 3.77. The Morgan fingerprint density at radius 1 is 1.12 bits per heavy atom. The molecular weight excluding hydrogens is 244 g/mol. The quantitative estimate of drug-likeness (QED) is 0.902. The number of hydrogen-bond acceptors (Lipinski definition) is 5. The van der Waals surface area contributed by atoms with Crippen molar-refractivity contribution in [3.05, 3.63) is 17.7 Å². The molecule has 0 aromatic heterocycles. The highest BCUT2D eigenvalue weighted by molar-refractivity contribution is 8.19. The van der Waals surface area contributed by atoms with Crippen LogP contribution in [0.3, 0.4) is 0 Å². The Bertz CT molecular complexity index is 350. The third kappa shape index (κ3) is 2.20. The lowest BCUT2D eigenvalue weighted by Gasteiger charge is -2.14. The van der Waals surface area contributed by atoms with Gasteiger partial charge in [-0.1, -0.05) is 0 Å². The number of hydrogen-bond donors (Lipinski definition) is 1. The number of thioether (sulfide) groups is 2. The second-order valence-electron chi connectivity index (χ2n) is 3.35. The average Bonchev–Trinajstić information content (AvgIpc) is 2.83. The van der Waals surface area contributed by atoms with Crippen LogP contribution in [0.4, 0.5) is 0 Å². The van der Waals surface area contributed by atoms with Gasteiger partial charge in [-0.3, -0.25) is 0 Å². The summed E-state index contributed by atoms with van der Waals surface area (Å²) in [5.74, 6) is 3.36. The first-order chi connectivity index (χ1) is 7.76. The van der Waals surface area contributed by atoms with Crippen LogP contribution in [0.5, 0.6) is 17.2 Å². The highest BCUT2D eigenvalue weighted by Gasteiger charge is 2.21. The second-order valence-corrected chi connectivity index (χ2v) is 6.07. The minimum absolute atomic E-state index is 0.0711. The molecule has 0 amide bonds. The predicted octanol–water partition coefficient (Wildman–Crippen LogP) is 2.89. The molecule has 0 saturated carbocycles. The van der Waals surface area contributed by atoms with Crippen LogP contribution in [0.25, 0.3) is 0 Å². The summed E-state index contributed by atoms with van der Waals surface area (Å²) in [6.07, 6.45) is 0. The van der Waals surface area contributed by atoms with Crippen molar-refractivity contribution in [1.29, 1.82) is 0 Å². The van der Waals surface area contributed by atoms with Crippen LogP contribution in [0.2, 0.25) is 0 Å². The molecule has 0 bridgehead atoms. The van der Waals surface area contributed by atoms with E-state index in [4.69, 9.17) is 9.47 Å². The van der Waals surface area contributed by atoms with Gasteiger partial charge in [0.2, 0.25) is 5.75 Å². The summed E-state index contributed by atoms with van der Waals surface area (Å²) < 4.78 is 10.7. The largest absolute Gasteiger partial charge is 0.502 e. The minimum atomic E-state index is 0.0711. The van der Waals surface area contributed by atoms with E-state index >= 15 is 0 Å². The first kappa shape index (κ1) is 11.8. The highest BCUT2D eigenvalue weighted by atomic mass is 32.2. The van der Waals surface area contributed by atoms with Crippen LogP contribution >= 0.6 is 23.5 Å². The molecule has 1 fully saturated rings. The Balaban J connectivity index is 2.37. The summed E-state index contributed by atoms with van der Waals surface area (Å²) in [6.45, 7) is 0. The van der Waals surface area contributed by atoms with Crippen molar-refractivity contribution < 1.29 is 14.6 Å². The molecule has 3 nitrogen and oxygen atoms in total. The van der Waals surface area contributed by atoms with E-state index in [1.807, 2.05) is 35.7 Å². The van der Waals surface area contributed by atoms with Gasteiger partial charge in [0.05, 0.1) is 18.8 Å². The maximum atomic E-state index is 9.79. The number of benzene rings is 1. The Hall–Kier alpha value is -0.680. The Morgan fingerprint density at radius 3 is 2.06 bits per heavy atom. The van der Waals surface area contributed by atoms with E-state index in [2.05, 4.69) is 0 Å². The van der Waals surface area contributed by atoms with Crippen molar-refractivity contribution in [3.63, 3.8) is 0 Å². The third-order valence-corrected chi connectivity index (χ3v) is 5.50. The van der Waals surface area contributed by atoms with Gasteiger partial charge in [0.15, 0.2) is 11.5 Å². The van der Waals surface area contributed by atoms with E-state index in [0.717, 1.165) is 5.56 Å². The van der Waals surface area contributed by atoms with Gasteiger partial charge in [-0.15, -0.1) is 23.5 Å². The van der Waals surface area contributed by atoms with E-state index in [-0.39, 0.29) is 5.75 Å². The normalized spacial score (nSPS) is 16.4. The molecule has 1 aromatic carbocycles. The number of methoxy groups -OCH3 is 2. The molecule has 0 aliphatic carbocycles. The van der Waals surface area contributed by atoms with Crippen LogP contribution < -0.4 is 9.47 Å². The maximum absolute atomic E-state index is 9.79. The molecule has 1 saturated heterocycles. The Morgan fingerprint density at radius 2 is 1.62 bits per heavy atom. The van der Waals surface area contributed by atoms with E-state index in [0.29, 0.717) is 16.1 Å². The molecule has 1 aromatic rings. The first-order valence-electron chi connectivity index (χ1n) is 4.94. The van der Waals surface area contributed by atoms with Crippen molar-refractivity contribution in [2.24, 2.45) is 0 Å². The van der Waals surface area contributed by atoms with Gasteiger partial charge in [-0.25, -0.2) is 0 Å². The molecule has 0 unspecified atom stereocenters. The number of rotatable bonds is 3. The zero-order chi connectivity index (χ0) is 11.5. The van der Waals surface area contributed by atoms with Gasteiger partial charge < -0.3 is 14.6 Å². The second kappa shape index (κ2) is 5.10. The zero-order valence-electron chi connectivity index (χ0n) is 9.23. The van der Waals surface area contributed by atoms with Crippen LogP contribution in [0.1, 0.15) is 10.1 Å². The van der Waals surface area contributed by atoms with Gasteiger partial charge in [0.25, 0.3) is 0 Å². The number of phenolic OH excluding ortho intramolecular Hbond substituents is 1. The number of ether oxygens (including phenoxy) is 2. The molecular formula is C11H14O3S2. The Kier molecular flexibility index (Phi) is 3.76. The summed E-state index contributed by atoms with van der Waals surface area (Å²) in [5, 5.41) is 9.79. The van der Waals surface area contributed by atoms with Crippen molar-refractivity contribution in [3.8, 4) is 17.2 Å². The molecule has 1 N–H and O–H groups in total. The molecule has 16 heavy (non-hydrogen) atoms. The van der Waals surface area contributed by atoms with Crippen molar-refractivity contribution in [1.82, 2.24) is 0 Å². The molecule has 1 aliphatic heterocycles. The predicted molar refractivity (Wildman–Crippen MR) is 68.9 cm³/mol. The molecule has 0 spiro atoms. The Labute approximate surface area is 104 Å². The zero-order valence-corrected chi connectivity index (χ0v) is 10.9. The number of aromatic hydroxyl groups is 1. The summed E-state index contributed by atoms with van der Waals surface area (Å²) in [7, 11) is 3.10. The van der Waals surface area contributed by atoms with Crippen LogP contribution in [-0.4, -0.2) is 30.8 Å². The fourth-order valence-corrected chi connectivity index (χ4v) is 4.42. The van der Waals surface area contributed by atoms with Crippen LogP contribution in [-0.2, 0) is 0 Å². The highest BCUT2D eigenvalue weighted by Crippen LogP contribution is 2.49. The lowest BCUT2D eigenvalue weighted by Crippen LogP contribution is -1.93. The van der Waals surface area contributed by atoms with E-state index < -0.39 is 0 Å². The van der Waals surface area contributed by atoms with Gasteiger partial charge in [-0.2, -0.15) is 0 Å². The standard InChI is InChI=1S/C11H14O3S2/c1-13-8-5-7(11-15-3-4-16-11)6-9(14-2)10(8)12/h5-6,11-12H,3-4H2,1-2H3. The molecule has 0 radical (unpaired) electrons. The summed E-state index contributed by atoms with van der Waals surface area (Å²) in [5.41, 5.74) is 1.14. The molecule has 1 aliphatic rings. The minimum Gasteiger partial charge on any atom is -0.502 e. The van der Waals surface area contributed by atoms with Crippen molar-refractivity contribution in [2.75, 3.05) is 25.7 Å². The van der Waals surface area contributed by atoms with E-state index in [9.17, 15) is 5.11 Å². The van der Waals surface area contributed by atoms with Crippen LogP contribution in [0.15, 0.2) is 12.1 Å². The van der Waals surface area contributed by atoms with E-state index in [1.54, 1.807) is 14.2 Å². The SMILES string of the molecule is COc1cc(C2SCCS2)cc(OC)c1O.